The Labute approximate surface area is 155 Å². The van der Waals surface area contributed by atoms with E-state index in [-0.39, 0.29) is 36.4 Å². The number of benzene rings is 1. The first-order valence-electron chi connectivity index (χ1n) is 8.59. The Morgan fingerprint density at radius 3 is 2.16 bits per heavy atom. The smallest absolute Gasteiger partial charge is 0.319 e. The van der Waals surface area contributed by atoms with Gasteiger partial charge < -0.3 is 21.3 Å². The predicted octanol–water partition coefficient (Wildman–Crippen LogP) is 2.84. The second-order valence-corrected chi connectivity index (χ2v) is 6.82. The third-order valence-electron chi connectivity index (χ3n) is 4.38. The minimum atomic E-state index is -0.248. The SMILES string of the molecule is CC(C)NC(=O)Nc1ccc(C(=O)N2CCC(C(C)N)CC2)cc1.Cl. The fourth-order valence-corrected chi connectivity index (χ4v) is 2.94. The highest BCUT2D eigenvalue weighted by Gasteiger charge is 2.25. The maximum Gasteiger partial charge on any atom is 0.319 e. The molecule has 0 aliphatic carbocycles. The average Bonchev–Trinajstić information content (AvgIpc) is 2.54. The van der Waals surface area contributed by atoms with Crippen LogP contribution in [-0.2, 0) is 0 Å². The highest BCUT2D eigenvalue weighted by Crippen LogP contribution is 2.21. The van der Waals surface area contributed by atoms with E-state index in [1.807, 2.05) is 25.7 Å². The zero-order valence-corrected chi connectivity index (χ0v) is 15.9. The third-order valence-corrected chi connectivity index (χ3v) is 4.38. The van der Waals surface area contributed by atoms with Crippen LogP contribution in [0.3, 0.4) is 0 Å². The first kappa shape index (κ1) is 21.3. The number of likely N-dealkylation sites (tertiary alicyclic amines) is 1. The quantitative estimate of drug-likeness (QED) is 0.763. The van der Waals surface area contributed by atoms with Crippen molar-refractivity contribution in [1.82, 2.24) is 10.2 Å². The molecule has 1 aliphatic heterocycles. The number of rotatable bonds is 4. The standard InChI is InChI=1S/C18H28N4O2.ClH/c1-12(2)20-18(24)21-16-6-4-15(5-7-16)17(23)22-10-8-14(9-11-22)13(3)19;/h4-7,12-14H,8-11,19H2,1-3H3,(H2,20,21,24);1H. The molecule has 1 aromatic carbocycles. The number of carbonyl (C=O) groups excluding carboxylic acids is 2. The third kappa shape index (κ3) is 6.21. The summed E-state index contributed by atoms with van der Waals surface area (Å²) in [5, 5.41) is 5.51. The van der Waals surface area contributed by atoms with Crippen LogP contribution in [0.1, 0.15) is 44.0 Å². The Morgan fingerprint density at radius 1 is 1.12 bits per heavy atom. The van der Waals surface area contributed by atoms with E-state index >= 15 is 0 Å². The summed E-state index contributed by atoms with van der Waals surface area (Å²) in [6.45, 7) is 7.33. The van der Waals surface area contributed by atoms with Crippen molar-refractivity contribution in [2.45, 2.75) is 45.7 Å². The molecule has 1 fully saturated rings. The van der Waals surface area contributed by atoms with Crippen LogP contribution in [-0.4, -0.2) is 42.0 Å². The van der Waals surface area contributed by atoms with Crippen molar-refractivity contribution in [3.63, 3.8) is 0 Å². The molecule has 0 spiro atoms. The lowest BCUT2D eigenvalue weighted by Gasteiger charge is -2.33. The van der Waals surface area contributed by atoms with Crippen LogP contribution in [0.25, 0.3) is 0 Å². The van der Waals surface area contributed by atoms with Gasteiger partial charge in [0.1, 0.15) is 0 Å². The molecule has 1 saturated heterocycles. The van der Waals surface area contributed by atoms with Crippen molar-refractivity contribution in [1.29, 1.82) is 0 Å². The topological polar surface area (TPSA) is 87.5 Å². The molecule has 1 heterocycles. The molecule has 0 bridgehead atoms. The van der Waals surface area contributed by atoms with Gasteiger partial charge in [0.25, 0.3) is 5.91 Å². The largest absolute Gasteiger partial charge is 0.339 e. The van der Waals surface area contributed by atoms with Crippen LogP contribution >= 0.6 is 12.4 Å². The normalized spacial score (nSPS) is 16.1. The Kier molecular flexibility index (Phi) is 8.19. The number of piperidine rings is 1. The maximum atomic E-state index is 12.6. The van der Waals surface area contributed by atoms with Crippen LogP contribution < -0.4 is 16.4 Å². The molecule has 7 heteroatoms. The van der Waals surface area contributed by atoms with E-state index in [0.29, 0.717) is 17.2 Å². The molecule has 0 saturated carbocycles. The molecule has 1 unspecified atom stereocenters. The maximum absolute atomic E-state index is 12.6. The fourth-order valence-electron chi connectivity index (χ4n) is 2.94. The molecule has 140 valence electrons. The minimum absolute atomic E-state index is 0. The summed E-state index contributed by atoms with van der Waals surface area (Å²) >= 11 is 0. The molecule has 4 N–H and O–H groups in total. The molecule has 0 radical (unpaired) electrons. The van der Waals surface area contributed by atoms with Gasteiger partial charge in [-0.25, -0.2) is 4.79 Å². The van der Waals surface area contributed by atoms with Crippen molar-refractivity contribution in [2.75, 3.05) is 18.4 Å². The molecule has 1 atom stereocenters. The lowest BCUT2D eigenvalue weighted by Crippen LogP contribution is -2.42. The van der Waals surface area contributed by atoms with E-state index in [0.717, 1.165) is 25.9 Å². The van der Waals surface area contributed by atoms with Gasteiger partial charge in [0.15, 0.2) is 0 Å². The van der Waals surface area contributed by atoms with Crippen LogP contribution in [0.4, 0.5) is 10.5 Å². The summed E-state index contributed by atoms with van der Waals surface area (Å²) < 4.78 is 0. The number of amides is 3. The van der Waals surface area contributed by atoms with Crippen LogP contribution in [0, 0.1) is 5.92 Å². The zero-order valence-electron chi connectivity index (χ0n) is 15.1. The van der Waals surface area contributed by atoms with E-state index in [9.17, 15) is 9.59 Å². The predicted molar refractivity (Wildman–Crippen MR) is 103 cm³/mol. The summed E-state index contributed by atoms with van der Waals surface area (Å²) in [5.74, 6) is 0.538. The molecule has 0 aromatic heterocycles. The number of halogens is 1. The van der Waals surface area contributed by atoms with Gasteiger partial charge in [-0.3, -0.25) is 4.79 Å². The van der Waals surface area contributed by atoms with Crippen LogP contribution in [0.5, 0.6) is 0 Å². The Balaban J connectivity index is 0.00000312. The highest BCUT2D eigenvalue weighted by molar-refractivity contribution is 5.95. The van der Waals surface area contributed by atoms with E-state index in [1.165, 1.54) is 0 Å². The van der Waals surface area contributed by atoms with Gasteiger partial charge in [-0.05, 0) is 63.8 Å². The highest BCUT2D eigenvalue weighted by atomic mass is 35.5. The Bertz CT molecular complexity index is 567. The number of nitrogens with one attached hydrogen (secondary N) is 2. The van der Waals surface area contributed by atoms with Crippen LogP contribution in [0.15, 0.2) is 24.3 Å². The monoisotopic (exact) mass is 368 g/mol. The molecule has 2 rings (SSSR count). The lowest BCUT2D eigenvalue weighted by molar-refractivity contribution is 0.0681. The number of anilines is 1. The molecule has 1 aliphatic rings. The summed E-state index contributed by atoms with van der Waals surface area (Å²) in [6.07, 6.45) is 1.91. The number of urea groups is 1. The minimum Gasteiger partial charge on any atom is -0.339 e. The van der Waals surface area contributed by atoms with E-state index in [1.54, 1.807) is 24.3 Å². The van der Waals surface area contributed by atoms with Gasteiger partial charge in [-0.2, -0.15) is 0 Å². The first-order chi connectivity index (χ1) is 11.4. The zero-order chi connectivity index (χ0) is 17.7. The van der Waals surface area contributed by atoms with Crippen molar-refractivity contribution < 1.29 is 9.59 Å². The van der Waals surface area contributed by atoms with E-state index < -0.39 is 0 Å². The number of hydrogen-bond acceptors (Lipinski definition) is 3. The molecular weight excluding hydrogens is 340 g/mol. The second kappa shape index (κ2) is 9.63. The van der Waals surface area contributed by atoms with Gasteiger partial charge >= 0.3 is 6.03 Å². The molecule has 1 aromatic rings. The number of nitrogens with zero attached hydrogens (tertiary/aromatic N) is 1. The summed E-state index contributed by atoms with van der Waals surface area (Å²) in [7, 11) is 0. The molecular formula is C18H29ClN4O2. The summed E-state index contributed by atoms with van der Waals surface area (Å²) in [4.78, 5) is 26.1. The van der Waals surface area contributed by atoms with E-state index in [4.69, 9.17) is 5.73 Å². The van der Waals surface area contributed by atoms with Gasteiger partial charge in [0, 0.05) is 36.4 Å². The lowest BCUT2D eigenvalue weighted by atomic mass is 9.90. The molecule has 3 amide bonds. The Hall–Kier alpha value is -1.79. The van der Waals surface area contributed by atoms with Gasteiger partial charge in [0.05, 0.1) is 0 Å². The van der Waals surface area contributed by atoms with Gasteiger partial charge in [-0.1, -0.05) is 0 Å². The molecule has 25 heavy (non-hydrogen) atoms. The van der Waals surface area contributed by atoms with Crippen molar-refractivity contribution >= 4 is 30.0 Å². The fraction of sp³-hybridized carbons (Fsp3) is 0.556. The number of carbonyl (C=O) groups is 2. The summed E-state index contributed by atoms with van der Waals surface area (Å²) in [5.41, 5.74) is 7.25. The van der Waals surface area contributed by atoms with Crippen molar-refractivity contribution in [3.8, 4) is 0 Å². The number of nitrogens with two attached hydrogens (primary N) is 1. The van der Waals surface area contributed by atoms with Crippen molar-refractivity contribution in [2.24, 2.45) is 11.7 Å². The Morgan fingerprint density at radius 2 is 1.68 bits per heavy atom. The average molecular weight is 369 g/mol. The van der Waals surface area contributed by atoms with Gasteiger partial charge in [-0.15, -0.1) is 12.4 Å². The van der Waals surface area contributed by atoms with Gasteiger partial charge in [0.2, 0.25) is 0 Å². The summed E-state index contributed by atoms with van der Waals surface area (Å²) in [6, 6.07) is 7.02. The second-order valence-electron chi connectivity index (χ2n) is 6.82. The van der Waals surface area contributed by atoms with E-state index in [2.05, 4.69) is 10.6 Å². The van der Waals surface area contributed by atoms with Crippen molar-refractivity contribution in [3.05, 3.63) is 29.8 Å². The number of hydrogen-bond donors (Lipinski definition) is 3. The van der Waals surface area contributed by atoms with Crippen LogP contribution in [0.2, 0.25) is 0 Å². The molecule has 6 nitrogen and oxygen atoms in total. The first-order valence-corrected chi connectivity index (χ1v) is 8.59.